The molecule has 0 aliphatic heterocycles. The quantitative estimate of drug-likeness (QED) is 0.818. The summed E-state index contributed by atoms with van der Waals surface area (Å²) in [6.07, 6.45) is 6.67. The summed E-state index contributed by atoms with van der Waals surface area (Å²) < 4.78 is 0. The number of hydrogen-bond donors (Lipinski definition) is 2. The first kappa shape index (κ1) is 14.2. The molecule has 0 bridgehead atoms. The molecule has 106 valence electrons. The second-order valence-electron chi connectivity index (χ2n) is 5.94. The maximum Gasteiger partial charge on any atom is 0.0819 e. The lowest BCUT2D eigenvalue weighted by molar-refractivity contribution is 0.0381. The van der Waals surface area contributed by atoms with Crippen LogP contribution in [-0.4, -0.2) is 31.3 Å². The van der Waals surface area contributed by atoms with Gasteiger partial charge in [-0.05, 0) is 31.0 Å². The first-order valence-electron chi connectivity index (χ1n) is 7.33. The Balaban J connectivity index is 1.95. The Kier molecular flexibility index (Phi) is 4.70. The van der Waals surface area contributed by atoms with Crippen LogP contribution in [0.15, 0.2) is 24.3 Å². The fraction of sp³-hybridized carbons (Fsp3) is 0.625. The standard InChI is InChI=1S/C16H26N2O/c1-18(2)15-9-7-8-14(12-15)17-13-16(19)10-5-3-4-6-11-16/h7-9,12,17,19H,3-6,10-11,13H2,1-2H3. The van der Waals surface area contributed by atoms with Crippen molar-refractivity contribution >= 4 is 11.4 Å². The Bertz CT molecular complexity index is 395. The van der Waals surface area contributed by atoms with Crippen molar-refractivity contribution in [1.82, 2.24) is 0 Å². The lowest BCUT2D eigenvalue weighted by atomic mass is 9.94. The van der Waals surface area contributed by atoms with E-state index in [-0.39, 0.29) is 0 Å². The molecule has 2 rings (SSSR count). The normalized spacial score (nSPS) is 18.7. The molecule has 1 saturated carbocycles. The van der Waals surface area contributed by atoms with Crippen molar-refractivity contribution in [3.63, 3.8) is 0 Å². The fourth-order valence-electron chi connectivity index (χ4n) is 2.72. The van der Waals surface area contributed by atoms with Crippen LogP contribution in [0.1, 0.15) is 38.5 Å². The monoisotopic (exact) mass is 262 g/mol. The highest BCUT2D eigenvalue weighted by Gasteiger charge is 2.27. The molecular formula is C16H26N2O. The molecule has 1 fully saturated rings. The minimum absolute atomic E-state index is 0.523. The molecule has 0 heterocycles. The van der Waals surface area contributed by atoms with E-state index in [2.05, 4.69) is 34.5 Å². The van der Waals surface area contributed by atoms with Gasteiger partial charge in [0, 0.05) is 32.0 Å². The Labute approximate surface area is 116 Å². The third-order valence-electron chi connectivity index (χ3n) is 4.02. The van der Waals surface area contributed by atoms with Crippen LogP contribution in [0.2, 0.25) is 0 Å². The summed E-state index contributed by atoms with van der Waals surface area (Å²) in [7, 11) is 4.08. The van der Waals surface area contributed by atoms with Crippen LogP contribution >= 0.6 is 0 Å². The van der Waals surface area contributed by atoms with Crippen molar-refractivity contribution in [2.45, 2.75) is 44.1 Å². The van der Waals surface area contributed by atoms with Crippen molar-refractivity contribution in [1.29, 1.82) is 0 Å². The number of nitrogens with one attached hydrogen (secondary N) is 1. The molecule has 3 heteroatoms. The van der Waals surface area contributed by atoms with E-state index in [1.807, 2.05) is 14.1 Å². The maximum absolute atomic E-state index is 10.6. The lowest BCUT2D eigenvalue weighted by Crippen LogP contribution is -2.36. The van der Waals surface area contributed by atoms with Crippen LogP contribution in [0.4, 0.5) is 11.4 Å². The van der Waals surface area contributed by atoms with Crippen LogP contribution in [0, 0.1) is 0 Å². The summed E-state index contributed by atoms with van der Waals surface area (Å²) in [6.45, 7) is 0.657. The minimum atomic E-state index is -0.523. The predicted octanol–water partition coefficient (Wildman–Crippen LogP) is 3.25. The SMILES string of the molecule is CN(C)c1cccc(NCC2(O)CCCCCC2)c1. The van der Waals surface area contributed by atoms with Gasteiger partial charge in [0.2, 0.25) is 0 Å². The van der Waals surface area contributed by atoms with Gasteiger partial charge in [0.15, 0.2) is 0 Å². The Hall–Kier alpha value is -1.22. The number of hydrogen-bond acceptors (Lipinski definition) is 3. The van der Waals surface area contributed by atoms with Crippen LogP contribution < -0.4 is 10.2 Å². The average Bonchev–Trinajstić information content (AvgIpc) is 2.62. The van der Waals surface area contributed by atoms with Crippen LogP contribution in [0.5, 0.6) is 0 Å². The van der Waals surface area contributed by atoms with Gasteiger partial charge >= 0.3 is 0 Å². The summed E-state index contributed by atoms with van der Waals surface area (Å²) in [5, 5.41) is 14.0. The molecule has 0 amide bonds. The van der Waals surface area contributed by atoms with Gasteiger partial charge in [-0.3, -0.25) is 0 Å². The summed E-state index contributed by atoms with van der Waals surface area (Å²) >= 11 is 0. The van der Waals surface area contributed by atoms with Gasteiger partial charge in [-0.2, -0.15) is 0 Å². The number of benzene rings is 1. The zero-order valence-corrected chi connectivity index (χ0v) is 12.2. The van der Waals surface area contributed by atoms with Gasteiger partial charge < -0.3 is 15.3 Å². The van der Waals surface area contributed by atoms with E-state index in [1.165, 1.54) is 18.5 Å². The van der Waals surface area contributed by atoms with Gasteiger partial charge in [-0.25, -0.2) is 0 Å². The number of rotatable bonds is 4. The first-order valence-corrected chi connectivity index (χ1v) is 7.33. The smallest absolute Gasteiger partial charge is 0.0819 e. The fourth-order valence-corrected chi connectivity index (χ4v) is 2.72. The van der Waals surface area contributed by atoms with E-state index < -0.39 is 5.60 Å². The zero-order valence-electron chi connectivity index (χ0n) is 12.2. The molecule has 0 saturated heterocycles. The molecule has 1 aromatic carbocycles. The molecule has 19 heavy (non-hydrogen) atoms. The number of nitrogens with zero attached hydrogens (tertiary/aromatic N) is 1. The van der Waals surface area contributed by atoms with Crippen LogP contribution in [0.25, 0.3) is 0 Å². The topological polar surface area (TPSA) is 35.5 Å². The number of aliphatic hydroxyl groups is 1. The molecule has 3 nitrogen and oxygen atoms in total. The molecule has 1 aliphatic rings. The molecule has 0 unspecified atom stereocenters. The van der Waals surface area contributed by atoms with Crippen LogP contribution in [0.3, 0.4) is 0 Å². The Morgan fingerprint density at radius 1 is 1.16 bits per heavy atom. The third kappa shape index (κ3) is 4.13. The Morgan fingerprint density at radius 2 is 1.84 bits per heavy atom. The lowest BCUT2D eigenvalue weighted by Gasteiger charge is -2.27. The maximum atomic E-state index is 10.6. The van der Waals surface area contributed by atoms with Crippen molar-refractivity contribution < 1.29 is 5.11 Å². The van der Waals surface area contributed by atoms with E-state index in [0.29, 0.717) is 6.54 Å². The van der Waals surface area contributed by atoms with Crippen molar-refractivity contribution in [2.75, 3.05) is 30.9 Å². The van der Waals surface area contributed by atoms with Crippen LogP contribution in [-0.2, 0) is 0 Å². The Morgan fingerprint density at radius 3 is 2.47 bits per heavy atom. The zero-order chi connectivity index (χ0) is 13.7. The van der Waals surface area contributed by atoms with Crippen molar-refractivity contribution in [3.8, 4) is 0 Å². The van der Waals surface area contributed by atoms with Gasteiger partial charge in [0.1, 0.15) is 0 Å². The molecule has 2 N–H and O–H groups in total. The largest absolute Gasteiger partial charge is 0.388 e. The summed E-state index contributed by atoms with van der Waals surface area (Å²) in [5.41, 5.74) is 1.74. The summed E-state index contributed by atoms with van der Waals surface area (Å²) in [6, 6.07) is 8.33. The molecule has 1 aromatic rings. The summed E-state index contributed by atoms with van der Waals surface area (Å²) in [5.74, 6) is 0. The predicted molar refractivity (Wildman–Crippen MR) is 81.9 cm³/mol. The second-order valence-corrected chi connectivity index (χ2v) is 5.94. The van der Waals surface area contributed by atoms with Crippen molar-refractivity contribution in [3.05, 3.63) is 24.3 Å². The van der Waals surface area contributed by atoms with Gasteiger partial charge in [-0.15, -0.1) is 0 Å². The van der Waals surface area contributed by atoms with Gasteiger partial charge in [0.05, 0.1) is 5.60 Å². The van der Waals surface area contributed by atoms with E-state index >= 15 is 0 Å². The van der Waals surface area contributed by atoms with E-state index in [1.54, 1.807) is 0 Å². The molecule has 0 radical (unpaired) electrons. The average molecular weight is 262 g/mol. The van der Waals surface area contributed by atoms with Gasteiger partial charge in [0.25, 0.3) is 0 Å². The molecular weight excluding hydrogens is 236 g/mol. The van der Waals surface area contributed by atoms with E-state index in [4.69, 9.17) is 0 Å². The molecule has 0 atom stereocenters. The first-order chi connectivity index (χ1) is 9.09. The number of anilines is 2. The highest BCUT2D eigenvalue weighted by molar-refractivity contribution is 5.57. The van der Waals surface area contributed by atoms with Crippen molar-refractivity contribution in [2.24, 2.45) is 0 Å². The van der Waals surface area contributed by atoms with E-state index in [9.17, 15) is 5.11 Å². The van der Waals surface area contributed by atoms with Gasteiger partial charge in [-0.1, -0.05) is 31.7 Å². The molecule has 1 aliphatic carbocycles. The van der Waals surface area contributed by atoms with E-state index in [0.717, 1.165) is 31.4 Å². The highest BCUT2D eigenvalue weighted by atomic mass is 16.3. The minimum Gasteiger partial charge on any atom is -0.388 e. The third-order valence-corrected chi connectivity index (χ3v) is 4.02. The highest BCUT2D eigenvalue weighted by Crippen LogP contribution is 2.27. The molecule has 0 aromatic heterocycles. The second kappa shape index (κ2) is 6.29. The molecule has 0 spiro atoms. The summed E-state index contributed by atoms with van der Waals surface area (Å²) in [4.78, 5) is 2.09.